The van der Waals surface area contributed by atoms with E-state index in [1.165, 1.54) is 6.20 Å². The van der Waals surface area contributed by atoms with Crippen molar-refractivity contribution in [2.75, 3.05) is 0 Å². The lowest BCUT2D eigenvalue weighted by Crippen LogP contribution is -2.52. The van der Waals surface area contributed by atoms with E-state index >= 15 is 0 Å². The monoisotopic (exact) mass is 347 g/mol. The van der Waals surface area contributed by atoms with Gasteiger partial charge in [0.05, 0.1) is 18.3 Å². The number of carboxylic acids is 1. The summed E-state index contributed by atoms with van der Waals surface area (Å²) < 4.78 is 1.61. The van der Waals surface area contributed by atoms with Crippen molar-refractivity contribution in [3.63, 3.8) is 0 Å². The lowest BCUT2D eigenvalue weighted by atomic mass is 9.97. The molecule has 1 saturated carbocycles. The van der Waals surface area contributed by atoms with Crippen LogP contribution in [0.25, 0.3) is 0 Å². The van der Waals surface area contributed by atoms with Crippen LogP contribution < -0.4 is 5.32 Å². The molecule has 1 heterocycles. The summed E-state index contributed by atoms with van der Waals surface area (Å²) in [5.74, 6) is -1.39. The van der Waals surface area contributed by atoms with Crippen LogP contribution >= 0.6 is 11.6 Å². The van der Waals surface area contributed by atoms with Crippen LogP contribution in [-0.4, -0.2) is 32.3 Å². The topological polar surface area (TPSA) is 84.2 Å². The third-order valence-corrected chi connectivity index (χ3v) is 4.77. The third-order valence-electron chi connectivity index (χ3n) is 4.40. The number of hydrogen-bond acceptors (Lipinski definition) is 3. The number of carbonyl (C=O) groups is 2. The summed E-state index contributed by atoms with van der Waals surface area (Å²) >= 11 is 6.12. The second kappa shape index (κ2) is 6.65. The highest BCUT2D eigenvalue weighted by Gasteiger charge is 2.42. The predicted molar refractivity (Wildman–Crippen MR) is 89.1 cm³/mol. The van der Waals surface area contributed by atoms with Gasteiger partial charge in [0.25, 0.3) is 5.91 Å². The number of nitrogens with zero attached hydrogens (tertiary/aromatic N) is 2. The normalized spacial score (nSPS) is 16.0. The van der Waals surface area contributed by atoms with Crippen LogP contribution in [-0.2, 0) is 11.3 Å². The van der Waals surface area contributed by atoms with Crippen molar-refractivity contribution in [3.8, 4) is 0 Å². The molecular formula is C17H18ClN3O3. The van der Waals surface area contributed by atoms with Gasteiger partial charge < -0.3 is 10.4 Å². The number of amides is 1. The molecule has 0 bridgehead atoms. The van der Waals surface area contributed by atoms with E-state index in [1.807, 2.05) is 18.2 Å². The molecule has 0 saturated heterocycles. The van der Waals surface area contributed by atoms with Crippen LogP contribution in [0.1, 0.15) is 41.6 Å². The number of carbonyl (C=O) groups excluding carboxylic acids is 1. The Kier molecular flexibility index (Phi) is 4.57. The molecule has 2 N–H and O–H groups in total. The Labute approximate surface area is 144 Å². The van der Waals surface area contributed by atoms with Gasteiger partial charge in [-0.2, -0.15) is 5.10 Å². The number of benzene rings is 1. The highest BCUT2D eigenvalue weighted by atomic mass is 35.5. The maximum Gasteiger partial charge on any atom is 0.329 e. The van der Waals surface area contributed by atoms with Gasteiger partial charge in [0.1, 0.15) is 5.54 Å². The summed E-state index contributed by atoms with van der Waals surface area (Å²) in [6.07, 6.45) is 5.57. The molecule has 1 fully saturated rings. The molecule has 1 aliphatic rings. The van der Waals surface area contributed by atoms with Gasteiger partial charge in [-0.3, -0.25) is 9.48 Å². The predicted octanol–water partition coefficient (Wildman–Crippen LogP) is 2.71. The molecule has 1 aliphatic carbocycles. The lowest BCUT2D eigenvalue weighted by Gasteiger charge is -2.24. The molecule has 2 aromatic rings. The standard InChI is InChI=1S/C17H18ClN3O3/c18-14-6-2-1-5-12(14)10-21-11-13(9-19-21)15(22)20-17(16(23)24)7-3-4-8-17/h1-2,5-6,9,11H,3-4,7-8,10H2,(H,20,22)(H,23,24). The fraction of sp³-hybridized carbons (Fsp3) is 0.353. The Morgan fingerprint density at radius 1 is 1.29 bits per heavy atom. The van der Waals surface area contributed by atoms with E-state index in [9.17, 15) is 14.7 Å². The molecule has 3 rings (SSSR count). The lowest BCUT2D eigenvalue weighted by molar-refractivity contribution is -0.144. The van der Waals surface area contributed by atoms with Gasteiger partial charge in [0.15, 0.2) is 0 Å². The Bertz CT molecular complexity index is 766. The molecule has 6 nitrogen and oxygen atoms in total. The van der Waals surface area contributed by atoms with Crippen molar-refractivity contribution in [2.45, 2.75) is 37.8 Å². The average molecular weight is 348 g/mol. The molecule has 126 valence electrons. The van der Waals surface area contributed by atoms with E-state index in [1.54, 1.807) is 16.9 Å². The first-order valence-corrected chi connectivity index (χ1v) is 8.20. The van der Waals surface area contributed by atoms with Crippen LogP contribution in [0.4, 0.5) is 0 Å². The van der Waals surface area contributed by atoms with Gasteiger partial charge in [0.2, 0.25) is 0 Å². The number of carboxylic acid groups (broad SMARTS) is 1. The first-order chi connectivity index (χ1) is 11.5. The third kappa shape index (κ3) is 3.28. The highest BCUT2D eigenvalue weighted by molar-refractivity contribution is 6.31. The van der Waals surface area contributed by atoms with Crippen molar-refractivity contribution in [2.24, 2.45) is 0 Å². The van der Waals surface area contributed by atoms with E-state index in [2.05, 4.69) is 10.4 Å². The molecule has 24 heavy (non-hydrogen) atoms. The number of halogens is 1. The first kappa shape index (κ1) is 16.5. The quantitative estimate of drug-likeness (QED) is 0.871. The van der Waals surface area contributed by atoms with Gasteiger partial charge in [-0.15, -0.1) is 0 Å². The Hall–Kier alpha value is -2.34. The number of rotatable bonds is 5. The zero-order valence-electron chi connectivity index (χ0n) is 13.0. The zero-order chi connectivity index (χ0) is 17.2. The maximum atomic E-state index is 12.4. The van der Waals surface area contributed by atoms with Crippen LogP contribution in [0, 0.1) is 0 Å². The summed E-state index contributed by atoms with van der Waals surface area (Å²) in [5.41, 5.74) is 0.0867. The minimum absolute atomic E-state index is 0.342. The molecule has 0 radical (unpaired) electrons. The molecule has 1 aromatic heterocycles. The smallest absolute Gasteiger partial charge is 0.329 e. The fourth-order valence-electron chi connectivity index (χ4n) is 3.03. The van der Waals surface area contributed by atoms with Gasteiger partial charge in [-0.05, 0) is 24.5 Å². The Balaban J connectivity index is 1.72. The molecule has 0 spiro atoms. The average Bonchev–Trinajstić information content (AvgIpc) is 3.20. The van der Waals surface area contributed by atoms with Crippen LogP contribution in [0.2, 0.25) is 5.02 Å². The largest absolute Gasteiger partial charge is 0.480 e. The van der Waals surface area contributed by atoms with Crippen molar-refractivity contribution in [1.82, 2.24) is 15.1 Å². The van der Waals surface area contributed by atoms with Crippen LogP contribution in [0.15, 0.2) is 36.7 Å². The minimum atomic E-state index is -1.15. The number of aliphatic carboxylic acids is 1. The van der Waals surface area contributed by atoms with Gasteiger partial charge in [0, 0.05) is 11.2 Å². The van der Waals surface area contributed by atoms with Crippen molar-refractivity contribution in [3.05, 3.63) is 52.8 Å². The summed E-state index contributed by atoms with van der Waals surface area (Å²) in [5, 5.41) is 16.9. The molecule has 7 heteroatoms. The van der Waals surface area contributed by atoms with E-state index in [-0.39, 0.29) is 0 Å². The summed E-state index contributed by atoms with van der Waals surface area (Å²) in [4.78, 5) is 23.9. The Morgan fingerprint density at radius 2 is 2.00 bits per heavy atom. The van der Waals surface area contributed by atoms with E-state index in [0.717, 1.165) is 18.4 Å². The van der Waals surface area contributed by atoms with Crippen molar-refractivity contribution < 1.29 is 14.7 Å². The molecule has 0 aliphatic heterocycles. The van der Waals surface area contributed by atoms with E-state index in [4.69, 9.17) is 11.6 Å². The SMILES string of the molecule is O=C(NC1(C(=O)O)CCCC1)c1cnn(Cc2ccccc2Cl)c1. The molecule has 1 amide bonds. The number of hydrogen-bond donors (Lipinski definition) is 2. The molecular weight excluding hydrogens is 330 g/mol. The fourth-order valence-corrected chi connectivity index (χ4v) is 3.22. The van der Waals surface area contributed by atoms with E-state index < -0.39 is 17.4 Å². The molecule has 0 atom stereocenters. The maximum absolute atomic E-state index is 12.4. The Morgan fingerprint density at radius 3 is 2.67 bits per heavy atom. The second-order valence-corrected chi connectivity index (χ2v) is 6.47. The van der Waals surface area contributed by atoms with Crippen molar-refractivity contribution in [1.29, 1.82) is 0 Å². The highest BCUT2D eigenvalue weighted by Crippen LogP contribution is 2.30. The first-order valence-electron chi connectivity index (χ1n) is 7.82. The van der Waals surface area contributed by atoms with Crippen LogP contribution in [0.3, 0.4) is 0 Å². The van der Waals surface area contributed by atoms with Crippen molar-refractivity contribution >= 4 is 23.5 Å². The zero-order valence-corrected chi connectivity index (χ0v) is 13.8. The molecule has 0 unspecified atom stereocenters. The van der Waals surface area contributed by atoms with Gasteiger partial charge in [-0.25, -0.2) is 4.79 Å². The summed E-state index contributed by atoms with van der Waals surface area (Å²) in [6.45, 7) is 0.441. The van der Waals surface area contributed by atoms with Crippen LogP contribution in [0.5, 0.6) is 0 Å². The second-order valence-electron chi connectivity index (χ2n) is 6.07. The minimum Gasteiger partial charge on any atom is -0.480 e. The number of nitrogens with one attached hydrogen (secondary N) is 1. The van der Waals surface area contributed by atoms with E-state index in [0.29, 0.717) is 30.0 Å². The number of aromatic nitrogens is 2. The van der Waals surface area contributed by atoms with Gasteiger partial charge >= 0.3 is 5.97 Å². The summed E-state index contributed by atoms with van der Waals surface area (Å²) in [6, 6.07) is 7.42. The summed E-state index contributed by atoms with van der Waals surface area (Å²) in [7, 11) is 0. The molecule has 1 aromatic carbocycles. The van der Waals surface area contributed by atoms with Gasteiger partial charge in [-0.1, -0.05) is 42.6 Å².